The predicted molar refractivity (Wildman–Crippen MR) is 63.8 cm³/mol. The maximum atomic E-state index is 10.1. The van der Waals surface area contributed by atoms with Crippen molar-refractivity contribution in [3.8, 4) is 0 Å². The molecule has 0 rings (SSSR count). The molecule has 0 bridgehead atoms. The Morgan fingerprint density at radius 1 is 0.800 bits per heavy atom. The molecule has 0 aliphatic rings. The van der Waals surface area contributed by atoms with Crippen LogP contribution < -0.4 is 0 Å². The Hall–Kier alpha value is -2.04. The molecule has 0 spiro atoms. The first-order valence-corrected chi connectivity index (χ1v) is 6.36. The average Bonchev–Trinajstić information content (AvgIpc) is 2.10. The average molecular weight is 324 g/mol. The summed E-state index contributed by atoms with van der Waals surface area (Å²) < 4.78 is 10.1. The van der Waals surface area contributed by atoms with Crippen LogP contribution in [0, 0.1) is 0 Å². The summed E-state index contributed by atoms with van der Waals surface area (Å²) in [6.45, 7) is 1.90. The van der Waals surface area contributed by atoms with Crippen molar-refractivity contribution in [3.05, 3.63) is 0 Å². The molecule has 0 aromatic rings. The molecule has 12 nitrogen and oxygen atoms in total. The van der Waals surface area contributed by atoms with Crippen LogP contribution in [0.4, 0.5) is 14.4 Å². The molecule has 0 saturated heterocycles. The van der Waals surface area contributed by atoms with E-state index in [4.69, 9.17) is 54.8 Å². The van der Waals surface area contributed by atoms with Gasteiger partial charge < -0.3 is 40.4 Å². The minimum absolute atomic E-state index is 0.0312. The van der Waals surface area contributed by atoms with Gasteiger partial charge in [0, 0.05) is 6.16 Å². The number of hydrogen-bond donors (Lipinski definition) is 8. The van der Waals surface area contributed by atoms with E-state index in [-0.39, 0.29) is 6.16 Å². The van der Waals surface area contributed by atoms with Gasteiger partial charge in [-0.25, -0.2) is 14.4 Å². The van der Waals surface area contributed by atoms with Gasteiger partial charge in [-0.05, 0) is 6.42 Å². The number of hydrogen-bond acceptors (Lipinski definition) is 4. The number of carbonyl (C=O) groups is 3. The predicted octanol–water partition coefficient (Wildman–Crippen LogP) is 1.63. The third-order valence-corrected chi connectivity index (χ3v) is 1.70. The van der Waals surface area contributed by atoms with Crippen molar-refractivity contribution in [1.29, 1.82) is 0 Å². The monoisotopic (exact) mass is 324 g/mol. The molecule has 0 heterocycles. The van der Waals surface area contributed by atoms with Crippen LogP contribution in [0.3, 0.4) is 0 Å². The summed E-state index contributed by atoms with van der Waals surface area (Å²) in [5, 5.41) is 41.8. The van der Waals surface area contributed by atoms with Gasteiger partial charge in [0.1, 0.15) is 0 Å². The smallest absolute Gasteiger partial charge is 0.450 e. The number of rotatable bonds is 3. The van der Waals surface area contributed by atoms with Crippen LogP contribution in [0.25, 0.3) is 0 Å². The van der Waals surface area contributed by atoms with E-state index < -0.39 is 26.1 Å². The largest absolute Gasteiger partial charge is 0.503 e. The first-order chi connectivity index (χ1) is 8.76. The van der Waals surface area contributed by atoms with Crippen LogP contribution in [-0.2, 0) is 4.57 Å². The number of carboxylic acid groups (broad SMARTS) is 6. The highest BCUT2D eigenvalue weighted by Gasteiger charge is 2.09. The van der Waals surface area contributed by atoms with Gasteiger partial charge in [-0.1, -0.05) is 13.3 Å². The van der Waals surface area contributed by atoms with Gasteiger partial charge in [-0.2, -0.15) is 0 Å². The van der Waals surface area contributed by atoms with E-state index in [2.05, 4.69) is 0 Å². The molecule has 0 radical (unpaired) electrons. The van der Waals surface area contributed by atoms with Crippen molar-refractivity contribution >= 4 is 26.1 Å². The molecule has 0 aliphatic carbocycles. The molecule has 8 N–H and O–H groups in total. The second-order valence-electron chi connectivity index (χ2n) is 2.59. The van der Waals surface area contributed by atoms with E-state index in [9.17, 15) is 4.57 Å². The second-order valence-corrected chi connectivity index (χ2v) is 4.37. The Morgan fingerprint density at radius 3 is 1.05 bits per heavy atom. The zero-order valence-electron chi connectivity index (χ0n) is 10.3. The van der Waals surface area contributed by atoms with Gasteiger partial charge >= 0.3 is 26.1 Å². The van der Waals surface area contributed by atoms with Crippen molar-refractivity contribution in [2.75, 3.05) is 6.16 Å². The quantitative estimate of drug-likeness (QED) is 0.346. The molecule has 0 aliphatic heterocycles. The van der Waals surface area contributed by atoms with Gasteiger partial charge in [0.15, 0.2) is 0 Å². The Bertz CT molecular complexity index is 266. The fraction of sp³-hybridized carbons (Fsp3) is 0.571. The summed E-state index contributed by atoms with van der Waals surface area (Å²) in [5.74, 6) is 0. The molecular weight excluding hydrogens is 307 g/mol. The molecule has 20 heavy (non-hydrogen) atoms. The lowest BCUT2D eigenvalue weighted by Gasteiger charge is -1.98. The topological polar surface area (TPSA) is 230 Å². The maximum absolute atomic E-state index is 10.1. The Kier molecular flexibility index (Phi) is 22.5. The zero-order chi connectivity index (χ0) is 17.4. The summed E-state index contributed by atoms with van der Waals surface area (Å²) in [6.07, 6.45) is -4.01. The lowest BCUT2D eigenvalue weighted by atomic mass is 10.4. The van der Waals surface area contributed by atoms with Crippen molar-refractivity contribution < 1.29 is 59.4 Å². The van der Waals surface area contributed by atoms with Crippen molar-refractivity contribution in [2.45, 2.75) is 19.8 Å². The van der Waals surface area contributed by atoms with Crippen molar-refractivity contribution in [3.63, 3.8) is 0 Å². The first-order valence-electron chi connectivity index (χ1n) is 4.56. The van der Waals surface area contributed by atoms with Gasteiger partial charge in [0.2, 0.25) is 0 Å². The molecular formula is C7H17O12P. The summed E-state index contributed by atoms with van der Waals surface area (Å²) in [4.78, 5) is 42.2. The van der Waals surface area contributed by atoms with Crippen LogP contribution in [0.15, 0.2) is 0 Å². The number of unbranched alkanes of at least 4 members (excludes halogenated alkanes) is 1. The summed E-state index contributed by atoms with van der Waals surface area (Å²) in [5.41, 5.74) is 0. The third kappa shape index (κ3) is 408. The minimum atomic E-state index is -3.68. The van der Waals surface area contributed by atoms with Crippen molar-refractivity contribution in [2.24, 2.45) is 0 Å². The fourth-order valence-electron chi connectivity index (χ4n) is 0.364. The van der Waals surface area contributed by atoms with Gasteiger partial charge in [0.25, 0.3) is 0 Å². The van der Waals surface area contributed by atoms with E-state index >= 15 is 0 Å². The second kappa shape index (κ2) is 17.0. The molecule has 0 saturated carbocycles. The summed E-state index contributed by atoms with van der Waals surface area (Å²) >= 11 is 0. The SMILES string of the molecule is CCCCP(=O)(O)O.O=C(O)O.O=C(O)O.O=C(O)O. The van der Waals surface area contributed by atoms with Crippen LogP contribution in [0.1, 0.15) is 19.8 Å². The Balaban J connectivity index is -0.0000000917. The van der Waals surface area contributed by atoms with Gasteiger partial charge in [-0.3, -0.25) is 4.57 Å². The molecule has 122 valence electrons. The molecule has 0 aromatic carbocycles. The molecule has 0 atom stereocenters. The van der Waals surface area contributed by atoms with Crippen molar-refractivity contribution in [1.82, 2.24) is 0 Å². The van der Waals surface area contributed by atoms with Crippen LogP contribution in [-0.4, -0.2) is 65.1 Å². The van der Waals surface area contributed by atoms with Crippen LogP contribution in [0.2, 0.25) is 0 Å². The Morgan fingerprint density at radius 2 is 1.00 bits per heavy atom. The minimum Gasteiger partial charge on any atom is -0.450 e. The molecule has 13 heteroatoms. The normalized spacial score (nSPS) is 8.35. The van der Waals surface area contributed by atoms with Gasteiger partial charge in [0.05, 0.1) is 0 Å². The van der Waals surface area contributed by atoms with Crippen LogP contribution >= 0.6 is 7.60 Å². The van der Waals surface area contributed by atoms with E-state index in [0.29, 0.717) is 6.42 Å². The molecule has 0 aromatic heterocycles. The zero-order valence-corrected chi connectivity index (χ0v) is 11.2. The standard InChI is InChI=1S/C4H11O3P.3CH2O3/c1-2-3-4-8(5,6)7;3*2-1(3)4/h2-4H2,1H3,(H2,5,6,7);3*(H2,2,3,4). The van der Waals surface area contributed by atoms with E-state index in [1.807, 2.05) is 6.92 Å². The highest BCUT2D eigenvalue weighted by atomic mass is 31.2. The lowest BCUT2D eigenvalue weighted by Crippen LogP contribution is -1.84. The molecule has 0 amide bonds. The highest BCUT2D eigenvalue weighted by molar-refractivity contribution is 7.51. The third-order valence-electron chi connectivity index (χ3n) is 0.803. The molecule has 0 unspecified atom stereocenters. The lowest BCUT2D eigenvalue weighted by molar-refractivity contribution is 0.135. The van der Waals surface area contributed by atoms with Crippen LogP contribution in [0.5, 0.6) is 0 Å². The summed E-state index contributed by atoms with van der Waals surface area (Å²) in [7, 11) is -3.68. The van der Waals surface area contributed by atoms with E-state index in [1.165, 1.54) is 0 Å². The van der Waals surface area contributed by atoms with E-state index in [1.54, 1.807) is 0 Å². The van der Waals surface area contributed by atoms with Gasteiger partial charge in [-0.15, -0.1) is 0 Å². The fourth-order valence-corrected chi connectivity index (χ4v) is 1.09. The first kappa shape index (κ1) is 26.5. The molecule has 0 fully saturated rings. The highest BCUT2D eigenvalue weighted by Crippen LogP contribution is 2.34. The maximum Gasteiger partial charge on any atom is 0.503 e. The Labute approximate surface area is 112 Å². The van der Waals surface area contributed by atoms with E-state index in [0.717, 1.165) is 6.42 Å². The summed E-state index contributed by atoms with van der Waals surface area (Å²) in [6, 6.07) is 0.